The van der Waals surface area contributed by atoms with Crippen molar-refractivity contribution >= 4 is 6.03 Å². The Kier molecular flexibility index (Phi) is 2.74. The minimum absolute atomic E-state index is 0.0738. The van der Waals surface area contributed by atoms with Gasteiger partial charge in [-0.15, -0.1) is 0 Å². The van der Waals surface area contributed by atoms with Crippen LogP contribution in [0.3, 0.4) is 0 Å². The van der Waals surface area contributed by atoms with Gasteiger partial charge in [-0.3, -0.25) is 0 Å². The minimum atomic E-state index is 0.0738. The Morgan fingerprint density at radius 1 is 1.22 bits per heavy atom. The van der Waals surface area contributed by atoms with Crippen LogP contribution in [-0.4, -0.2) is 36.6 Å². The molecule has 1 unspecified atom stereocenters. The molecule has 96 valence electrons. The number of hydrogen-bond acceptors (Lipinski definition) is 2. The highest BCUT2D eigenvalue weighted by Gasteiger charge is 2.36. The first kappa shape index (κ1) is 11.5. The van der Waals surface area contributed by atoms with E-state index in [1.807, 2.05) is 4.90 Å². The molecule has 2 saturated heterocycles. The second-order valence-corrected chi connectivity index (χ2v) is 5.31. The van der Waals surface area contributed by atoms with Gasteiger partial charge >= 0.3 is 6.03 Å². The first-order valence-corrected chi connectivity index (χ1v) is 6.50. The molecule has 4 heteroatoms. The van der Waals surface area contributed by atoms with Crippen molar-refractivity contribution in [2.24, 2.45) is 0 Å². The zero-order valence-electron chi connectivity index (χ0n) is 10.9. The summed E-state index contributed by atoms with van der Waals surface area (Å²) >= 11 is 0. The largest absolute Gasteiger partial charge is 0.329 e. The van der Waals surface area contributed by atoms with Gasteiger partial charge in [-0.05, 0) is 30.5 Å². The predicted octanol–water partition coefficient (Wildman–Crippen LogP) is 1.34. The molecule has 0 saturated carbocycles. The van der Waals surface area contributed by atoms with E-state index in [2.05, 4.69) is 42.7 Å². The van der Waals surface area contributed by atoms with E-state index in [0.717, 1.165) is 19.6 Å². The predicted molar refractivity (Wildman–Crippen MR) is 70.6 cm³/mol. The monoisotopic (exact) mass is 245 g/mol. The van der Waals surface area contributed by atoms with Gasteiger partial charge in [0.05, 0.1) is 12.1 Å². The summed E-state index contributed by atoms with van der Waals surface area (Å²) in [7, 11) is 0. The number of carbonyl (C=O) groups is 1. The maximum absolute atomic E-state index is 11.9. The molecular weight excluding hydrogens is 226 g/mol. The van der Waals surface area contributed by atoms with E-state index in [-0.39, 0.29) is 12.1 Å². The van der Waals surface area contributed by atoms with Crippen LogP contribution in [0.4, 0.5) is 4.79 Å². The van der Waals surface area contributed by atoms with Crippen LogP contribution in [-0.2, 0) is 0 Å². The molecule has 3 rings (SSSR count). The lowest BCUT2D eigenvalue weighted by Crippen LogP contribution is -2.57. The number of aryl methyl sites for hydroxylation is 2. The third-order valence-electron chi connectivity index (χ3n) is 4.07. The normalized spacial score (nSPS) is 24.0. The zero-order valence-corrected chi connectivity index (χ0v) is 10.9. The molecule has 0 radical (unpaired) electrons. The molecule has 0 aromatic heterocycles. The number of carbonyl (C=O) groups excluding carboxylic acids is 1. The van der Waals surface area contributed by atoms with E-state index >= 15 is 0 Å². The lowest BCUT2D eigenvalue weighted by molar-refractivity contribution is 0.172. The Morgan fingerprint density at radius 2 is 2.00 bits per heavy atom. The Balaban J connectivity index is 1.77. The van der Waals surface area contributed by atoms with Gasteiger partial charge in [0.2, 0.25) is 0 Å². The molecule has 1 aromatic rings. The highest BCUT2D eigenvalue weighted by atomic mass is 16.2. The Labute approximate surface area is 107 Å². The van der Waals surface area contributed by atoms with Crippen LogP contribution in [0, 0.1) is 13.8 Å². The fourth-order valence-corrected chi connectivity index (χ4v) is 2.54. The molecule has 1 atom stereocenters. The third-order valence-corrected chi connectivity index (χ3v) is 4.07. The van der Waals surface area contributed by atoms with Gasteiger partial charge < -0.3 is 15.5 Å². The lowest BCUT2D eigenvalue weighted by Gasteiger charge is -2.34. The van der Waals surface area contributed by atoms with E-state index in [4.69, 9.17) is 0 Å². The standard InChI is InChI=1S/C14H19N3O/c1-9-3-4-11(5-10(9)2)13-8-17(14(18)16-13)12-6-15-7-12/h3-5,12-13,15H,6-8H2,1-2H3,(H,16,18). The Bertz CT molecular complexity index is 482. The summed E-state index contributed by atoms with van der Waals surface area (Å²) in [6.07, 6.45) is 0. The lowest BCUT2D eigenvalue weighted by atomic mass is 10.0. The number of nitrogens with one attached hydrogen (secondary N) is 2. The molecule has 0 spiro atoms. The van der Waals surface area contributed by atoms with Gasteiger partial charge in [0.1, 0.15) is 0 Å². The Hall–Kier alpha value is -1.55. The molecule has 2 N–H and O–H groups in total. The van der Waals surface area contributed by atoms with Gasteiger partial charge in [0, 0.05) is 19.6 Å². The highest BCUT2D eigenvalue weighted by Crippen LogP contribution is 2.24. The van der Waals surface area contributed by atoms with Gasteiger partial charge in [-0.1, -0.05) is 18.2 Å². The SMILES string of the molecule is Cc1ccc(C2CN(C3CNC3)C(=O)N2)cc1C. The average Bonchev–Trinajstić information content (AvgIpc) is 2.63. The summed E-state index contributed by atoms with van der Waals surface area (Å²) in [5, 5.41) is 6.28. The van der Waals surface area contributed by atoms with Gasteiger partial charge in [0.25, 0.3) is 0 Å². The summed E-state index contributed by atoms with van der Waals surface area (Å²) in [4.78, 5) is 13.9. The summed E-state index contributed by atoms with van der Waals surface area (Å²) in [6, 6.07) is 7.02. The van der Waals surface area contributed by atoms with E-state index in [1.54, 1.807) is 0 Å². The molecule has 2 aliphatic rings. The van der Waals surface area contributed by atoms with Crippen LogP contribution < -0.4 is 10.6 Å². The van der Waals surface area contributed by atoms with Crippen molar-refractivity contribution in [1.29, 1.82) is 0 Å². The second kappa shape index (κ2) is 4.28. The number of urea groups is 1. The van der Waals surface area contributed by atoms with Crippen LogP contribution in [0.1, 0.15) is 22.7 Å². The summed E-state index contributed by atoms with van der Waals surface area (Å²) in [5.41, 5.74) is 3.79. The van der Waals surface area contributed by atoms with Crippen LogP contribution in [0.5, 0.6) is 0 Å². The quantitative estimate of drug-likeness (QED) is 0.826. The molecule has 2 amide bonds. The average molecular weight is 245 g/mol. The van der Waals surface area contributed by atoms with Crippen molar-refractivity contribution in [3.63, 3.8) is 0 Å². The molecule has 18 heavy (non-hydrogen) atoms. The minimum Gasteiger partial charge on any atom is -0.329 e. The fraction of sp³-hybridized carbons (Fsp3) is 0.500. The summed E-state index contributed by atoms with van der Waals surface area (Å²) in [5.74, 6) is 0. The molecule has 1 aromatic carbocycles. The van der Waals surface area contributed by atoms with Crippen LogP contribution in [0.25, 0.3) is 0 Å². The molecule has 0 bridgehead atoms. The van der Waals surface area contributed by atoms with Gasteiger partial charge in [-0.25, -0.2) is 4.79 Å². The number of amides is 2. The first-order chi connectivity index (χ1) is 8.65. The highest BCUT2D eigenvalue weighted by molar-refractivity contribution is 5.77. The molecule has 4 nitrogen and oxygen atoms in total. The van der Waals surface area contributed by atoms with E-state index in [9.17, 15) is 4.79 Å². The Morgan fingerprint density at radius 3 is 2.61 bits per heavy atom. The number of benzene rings is 1. The maximum atomic E-state index is 11.9. The smallest absolute Gasteiger partial charge is 0.318 e. The maximum Gasteiger partial charge on any atom is 0.318 e. The third kappa shape index (κ3) is 1.86. The van der Waals surface area contributed by atoms with Crippen molar-refractivity contribution in [3.05, 3.63) is 34.9 Å². The van der Waals surface area contributed by atoms with Crippen molar-refractivity contribution in [2.45, 2.75) is 25.9 Å². The fourth-order valence-electron chi connectivity index (χ4n) is 2.54. The van der Waals surface area contributed by atoms with Gasteiger partial charge in [-0.2, -0.15) is 0 Å². The number of rotatable bonds is 2. The van der Waals surface area contributed by atoms with Crippen molar-refractivity contribution in [2.75, 3.05) is 19.6 Å². The molecule has 2 aliphatic heterocycles. The van der Waals surface area contributed by atoms with Crippen LogP contribution in [0.15, 0.2) is 18.2 Å². The topological polar surface area (TPSA) is 44.4 Å². The summed E-state index contributed by atoms with van der Waals surface area (Å²) < 4.78 is 0. The van der Waals surface area contributed by atoms with Crippen molar-refractivity contribution in [3.8, 4) is 0 Å². The van der Waals surface area contributed by atoms with Crippen LogP contribution in [0.2, 0.25) is 0 Å². The van der Waals surface area contributed by atoms with Crippen molar-refractivity contribution < 1.29 is 4.79 Å². The number of nitrogens with zero attached hydrogens (tertiary/aromatic N) is 1. The number of hydrogen-bond donors (Lipinski definition) is 2. The second-order valence-electron chi connectivity index (χ2n) is 5.31. The molecule has 0 aliphatic carbocycles. The molecular formula is C14H19N3O. The summed E-state index contributed by atoms with van der Waals surface area (Å²) in [6.45, 7) is 6.86. The van der Waals surface area contributed by atoms with E-state index < -0.39 is 0 Å². The van der Waals surface area contributed by atoms with E-state index in [1.165, 1.54) is 16.7 Å². The van der Waals surface area contributed by atoms with E-state index in [0.29, 0.717) is 6.04 Å². The first-order valence-electron chi connectivity index (χ1n) is 6.50. The molecule has 2 heterocycles. The van der Waals surface area contributed by atoms with Crippen molar-refractivity contribution in [1.82, 2.24) is 15.5 Å². The zero-order chi connectivity index (χ0) is 12.7. The van der Waals surface area contributed by atoms with Gasteiger partial charge in [0.15, 0.2) is 0 Å². The van der Waals surface area contributed by atoms with Crippen LogP contribution >= 0.6 is 0 Å². The molecule has 2 fully saturated rings.